The van der Waals surface area contributed by atoms with E-state index < -0.39 is 5.97 Å². The molecule has 0 fully saturated rings. The zero-order valence-electron chi connectivity index (χ0n) is 12.5. The topological polar surface area (TPSA) is 37.3 Å². The summed E-state index contributed by atoms with van der Waals surface area (Å²) in [5.74, 6) is 1.23. The number of rotatable bonds is 8. The van der Waals surface area contributed by atoms with Crippen LogP contribution in [0, 0.1) is 11.8 Å². The van der Waals surface area contributed by atoms with Gasteiger partial charge in [-0.15, -0.1) is 0 Å². The summed E-state index contributed by atoms with van der Waals surface area (Å²) in [6, 6.07) is 0. The molecule has 0 aromatic rings. The van der Waals surface area contributed by atoms with Gasteiger partial charge in [0.1, 0.15) is 0 Å². The Labute approximate surface area is 114 Å². The van der Waals surface area contributed by atoms with Crippen LogP contribution in [0.2, 0.25) is 10.6 Å². The Morgan fingerprint density at radius 1 is 1.06 bits per heavy atom. The molecule has 0 aromatic carbocycles. The first-order valence-corrected chi connectivity index (χ1v) is 9.11. The molecule has 0 aliphatic rings. The van der Waals surface area contributed by atoms with Crippen LogP contribution in [0.5, 0.6) is 0 Å². The molecule has 0 rings (SSSR count). The van der Waals surface area contributed by atoms with Crippen LogP contribution in [-0.4, -0.2) is 26.3 Å². The molecule has 0 saturated heterocycles. The smallest absolute Gasteiger partial charge is 0.303 e. The van der Waals surface area contributed by atoms with Gasteiger partial charge in [-0.05, 0) is 6.42 Å². The van der Waals surface area contributed by atoms with Crippen LogP contribution in [0.25, 0.3) is 0 Å². The van der Waals surface area contributed by atoms with Crippen molar-refractivity contribution in [2.24, 2.45) is 11.8 Å². The first kappa shape index (κ1) is 19.3. The van der Waals surface area contributed by atoms with Crippen molar-refractivity contribution in [2.45, 2.75) is 70.9 Å². The van der Waals surface area contributed by atoms with Gasteiger partial charge in [-0.25, -0.2) is 0 Å². The Morgan fingerprint density at radius 3 is 1.82 bits per heavy atom. The van der Waals surface area contributed by atoms with Crippen molar-refractivity contribution < 1.29 is 9.90 Å². The van der Waals surface area contributed by atoms with E-state index in [0.29, 0.717) is 21.6 Å². The van der Waals surface area contributed by atoms with Gasteiger partial charge in [0.2, 0.25) is 15.2 Å². The Bertz CT molecular complexity index is 160. The fourth-order valence-corrected chi connectivity index (χ4v) is 3.33. The van der Waals surface area contributed by atoms with Crippen LogP contribution < -0.4 is 0 Å². The van der Waals surface area contributed by atoms with Crippen molar-refractivity contribution >= 4 is 21.2 Å². The standard InChI is InChI=1S/C6H12O2.2C4H9.Al.H/c1-2-3-4-5-6(7)8;2*1-4(2)3;;/h2-5H2,1H3,(H,7,8);2*4H,1H2,2-3H3;;. The third kappa shape index (κ3) is 25.9. The number of hydrogen-bond acceptors (Lipinski definition) is 1. The summed E-state index contributed by atoms with van der Waals surface area (Å²) in [6.45, 7) is 11.4. The zero-order valence-corrected chi connectivity index (χ0v) is 13.9. The SMILES string of the molecule is CC(C)[CH2][AlH][CH2]C(C)C.CCCCCC(=O)O. The van der Waals surface area contributed by atoms with Gasteiger partial charge in [0, 0.05) is 6.42 Å². The van der Waals surface area contributed by atoms with E-state index in [4.69, 9.17) is 5.11 Å². The van der Waals surface area contributed by atoms with Gasteiger partial charge in [0.05, 0.1) is 0 Å². The van der Waals surface area contributed by atoms with Crippen molar-refractivity contribution in [3.8, 4) is 0 Å². The summed E-state index contributed by atoms with van der Waals surface area (Å²) in [7, 11) is 0. The maximum Gasteiger partial charge on any atom is 0.303 e. The highest BCUT2D eigenvalue weighted by Crippen LogP contribution is 2.05. The number of carbonyl (C=O) groups is 1. The van der Waals surface area contributed by atoms with E-state index in [-0.39, 0.29) is 0 Å². The van der Waals surface area contributed by atoms with Crippen LogP contribution in [0.3, 0.4) is 0 Å². The molecule has 0 aromatic heterocycles. The third-order valence-corrected chi connectivity index (χ3v) is 5.68. The molecule has 1 N–H and O–H groups in total. The molecule has 102 valence electrons. The summed E-state index contributed by atoms with van der Waals surface area (Å²) >= 11 is 0.316. The second-order valence-corrected chi connectivity index (χ2v) is 7.43. The molecule has 0 atom stereocenters. The molecule has 0 spiro atoms. The quantitative estimate of drug-likeness (QED) is 0.522. The number of unbranched alkanes of at least 4 members (excludes halogenated alkanes) is 2. The van der Waals surface area contributed by atoms with Crippen LogP contribution in [0.1, 0.15) is 60.3 Å². The lowest BCUT2D eigenvalue weighted by Gasteiger charge is -2.03. The molecule has 0 bridgehead atoms. The van der Waals surface area contributed by atoms with Crippen LogP contribution in [0.4, 0.5) is 0 Å². The molecule has 0 aliphatic carbocycles. The second-order valence-electron chi connectivity index (χ2n) is 5.57. The summed E-state index contributed by atoms with van der Waals surface area (Å²) < 4.78 is 0. The molecule has 17 heavy (non-hydrogen) atoms. The summed E-state index contributed by atoms with van der Waals surface area (Å²) in [4.78, 5) is 9.87. The lowest BCUT2D eigenvalue weighted by Crippen LogP contribution is -1.99. The van der Waals surface area contributed by atoms with Gasteiger partial charge >= 0.3 is 5.97 Å². The van der Waals surface area contributed by atoms with Gasteiger partial charge in [0.25, 0.3) is 0 Å². The molecule has 3 heteroatoms. The Morgan fingerprint density at radius 2 is 1.53 bits per heavy atom. The van der Waals surface area contributed by atoms with Crippen molar-refractivity contribution in [1.82, 2.24) is 0 Å². The number of aliphatic carboxylic acids is 1. The van der Waals surface area contributed by atoms with Crippen LogP contribution >= 0.6 is 0 Å². The van der Waals surface area contributed by atoms with Gasteiger partial charge in [-0.3, -0.25) is 4.79 Å². The predicted octanol–water partition coefficient (Wildman–Crippen LogP) is 4.22. The fraction of sp³-hybridized carbons (Fsp3) is 0.929. The maximum atomic E-state index is 9.87. The fourth-order valence-electron chi connectivity index (χ4n) is 1.46. The molecule has 0 unspecified atom stereocenters. The van der Waals surface area contributed by atoms with E-state index in [1.54, 1.807) is 0 Å². The lowest BCUT2D eigenvalue weighted by atomic mass is 10.2. The van der Waals surface area contributed by atoms with Gasteiger partial charge in [0.15, 0.2) is 0 Å². The second kappa shape index (κ2) is 14.1. The van der Waals surface area contributed by atoms with Crippen molar-refractivity contribution in [1.29, 1.82) is 0 Å². The minimum atomic E-state index is -0.682. The average molecular weight is 258 g/mol. The van der Waals surface area contributed by atoms with E-state index in [9.17, 15) is 4.79 Å². The Hall–Kier alpha value is 0.00247. The highest BCUT2D eigenvalue weighted by Gasteiger charge is 1.99. The van der Waals surface area contributed by atoms with Gasteiger partial charge in [-0.1, -0.05) is 69.9 Å². The maximum absolute atomic E-state index is 9.87. The Balaban J connectivity index is 0. The summed E-state index contributed by atoms with van der Waals surface area (Å²) in [6.07, 6.45) is 3.28. The number of carboxylic acids is 1. The normalized spacial score (nSPS) is 10.1. The van der Waals surface area contributed by atoms with Crippen molar-refractivity contribution in [3.63, 3.8) is 0 Å². The molecule has 0 radical (unpaired) electrons. The third-order valence-electron chi connectivity index (χ3n) is 2.56. The molecule has 2 nitrogen and oxygen atoms in total. The van der Waals surface area contributed by atoms with E-state index in [0.717, 1.165) is 31.1 Å². The molecular formula is C14H31AlO2. The summed E-state index contributed by atoms with van der Waals surface area (Å²) in [5.41, 5.74) is 0. The molecule has 0 saturated carbocycles. The van der Waals surface area contributed by atoms with Crippen molar-refractivity contribution in [2.75, 3.05) is 0 Å². The Kier molecular flexibility index (Phi) is 16.0. The molecular weight excluding hydrogens is 227 g/mol. The van der Waals surface area contributed by atoms with Crippen LogP contribution in [0.15, 0.2) is 0 Å². The molecule has 0 heterocycles. The number of carboxylic acid groups (broad SMARTS) is 1. The lowest BCUT2D eigenvalue weighted by molar-refractivity contribution is -0.137. The van der Waals surface area contributed by atoms with E-state index in [1.807, 2.05) is 0 Å². The van der Waals surface area contributed by atoms with E-state index >= 15 is 0 Å². The molecule has 0 amide bonds. The highest BCUT2D eigenvalue weighted by atomic mass is 27.1. The summed E-state index contributed by atoms with van der Waals surface area (Å²) in [5, 5.41) is 11.2. The van der Waals surface area contributed by atoms with Crippen LogP contribution in [-0.2, 0) is 4.79 Å². The van der Waals surface area contributed by atoms with Crippen molar-refractivity contribution in [3.05, 3.63) is 0 Å². The van der Waals surface area contributed by atoms with Gasteiger partial charge < -0.3 is 5.11 Å². The first-order valence-electron chi connectivity index (χ1n) is 7.11. The highest BCUT2D eigenvalue weighted by molar-refractivity contribution is 6.35. The largest absolute Gasteiger partial charge is 0.481 e. The predicted molar refractivity (Wildman–Crippen MR) is 78.2 cm³/mol. The van der Waals surface area contributed by atoms with Gasteiger partial charge in [-0.2, -0.15) is 0 Å². The minimum Gasteiger partial charge on any atom is -0.481 e. The first-order chi connectivity index (χ1) is 7.90. The minimum absolute atomic E-state index is 0.316. The monoisotopic (exact) mass is 258 g/mol. The van der Waals surface area contributed by atoms with E-state index in [1.165, 1.54) is 10.6 Å². The van der Waals surface area contributed by atoms with E-state index in [2.05, 4.69) is 34.6 Å². The zero-order chi connectivity index (χ0) is 13.7. The number of hydrogen-bond donors (Lipinski definition) is 1. The average Bonchev–Trinajstić information content (AvgIpc) is 2.17. The molecule has 0 aliphatic heterocycles.